The third-order valence-electron chi connectivity index (χ3n) is 3.84. The maximum Gasteiger partial charge on any atom is 0.1000 e. The number of ether oxygens (including phenoxy) is 1. The van der Waals surface area contributed by atoms with E-state index in [0.29, 0.717) is 0 Å². The van der Waals surface area contributed by atoms with E-state index in [9.17, 15) is 0 Å². The molecule has 0 radical (unpaired) electrons. The molecule has 0 N–H and O–H groups in total. The Morgan fingerprint density at radius 1 is 1.24 bits per heavy atom. The van der Waals surface area contributed by atoms with Gasteiger partial charge in [-0.05, 0) is 69.2 Å². The van der Waals surface area contributed by atoms with E-state index in [1.165, 1.54) is 28.4 Å². The summed E-state index contributed by atoms with van der Waals surface area (Å²) in [5.41, 5.74) is 2.79. The van der Waals surface area contributed by atoms with Gasteiger partial charge in [-0.3, -0.25) is 4.90 Å². The highest BCUT2D eigenvalue weighted by molar-refractivity contribution is 9.10. The summed E-state index contributed by atoms with van der Waals surface area (Å²) in [6, 6.07) is 6.64. The van der Waals surface area contributed by atoms with Crippen LogP contribution in [-0.2, 0) is 17.7 Å². The second-order valence-corrected chi connectivity index (χ2v) is 8.02. The van der Waals surface area contributed by atoms with Crippen molar-refractivity contribution in [3.8, 4) is 0 Å². The van der Waals surface area contributed by atoms with Crippen LogP contribution in [0.2, 0.25) is 0 Å². The molecule has 3 heteroatoms. The Morgan fingerprint density at radius 2 is 1.95 bits per heavy atom. The van der Waals surface area contributed by atoms with E-state index in [4.69, 9.17) is 4.74 Å². The molecule has 0 saturated heterocycles. The van der Waals surface area contributed by atoms with Gasteiger partial charge in [-0.15, -0.1) is 0 Å². The zero-order valence-electron chi connectivity index (χ0n) is 13.8. The Kier molecular flexibility index (Phi) is 5.87. The van der Waals surface area contributed by atoms with Gasteiger partial charge in [0.25, 0.3) is 0 Å². The van der Waals surface area contributed by atoms with Crippen molar-refractivity contribution in [1.82, 2.24) is 4.90 Å². The average molecular weight is 354 g/mol. The lowest BCUT2D eigenvalue weighted by Gasteiger charge is -2.28. The van der Waals surface area contributed by atoms with Gasteiger partial charge in [0.2, 0.25) is 0 Å². The van der Waals surface area contributed by atoms with Crippen molar-refractivity contribution < 1.29 is 4.74 Å². The Hall–Kier alpha value is -0.380. The number of aryl methyl sites for hydroxylation is 1. The highest BCUT2D eigenvalue weighted by atomic mass is 79.9. The number of rotatable bonds is 7. The summed E-state index contributed by atoms with van der Waals surface area (Å²) in [7, 11) is 0. The number of halogens is 1. The van der Waals surface area contributed by atoms with Crippen LogP contribution in [0.3, 0.4) is 0 Å². The molecule has 1 aromatic carbocycles. The van der Waals surface area contributed by atoms with Crippen LogP contribution < -0.4 is 0 Å². The highest BCUT2D eigenvalue weighted by Gasteiger charge is 2.25. The lowest BCUT2D eigenvalue weighted by molar-refractivity contribution is -0.0674. The smallest absolute Gasteiger partial charge is 0.1000 e. The van der Waals surface area contributed by atoms with Crippen LogP contribution in [0, 0.1) is 5.92 Å². The molecule has 1 aliphatic carbocycles. The van der Waals surface area contributed by atoms with Crippen LogP contribution in [-0.4, -0.2) is 23.8 Å². The summed E-state index contributed by atoms with van der Waals surface area (Å²) in [4.78, 5) is 2.46. The van der Waals surface area contributed by atoms with Crippen LogP contribution >= 0.6 is 15.9 Å². The third kappa shape index (κ3) is 6.09. The molecular weight excluding hydrogens is 326 g/mol. The molecule has 0 spiro atoms. The molecule has 2 rings (SSSR count). The van der Waals surface area contributed by atoms with Crippen molar-refractivity contribution in [2.75, 3.05) is 13.3 Å². The Balaban J connectivity index is 2.03. The molecule has 1 aromatic rings. The average Bonchev–Trinajstić information content (AvgIpc) is 3.21. The predicted molar refractivity (Wildman–Crippen MR) is 92.4 cm³/mol. The Labute approximate surface area is 138 Å². The predicted octanol–water partition coefficient (Wildman–Crippen LogP) is 5.00. The molecule has 1 fully saturated rings. The summed E-state index contributed by atoms with van der Waals surface area (Å²) in [5.74, 6) is 0.883. The van der Waals surface area contributed by atoms with E-state index in [2.05, 4.69) is 66.7 Å². The molecule has 0 bridgehead atoms. The molecule has 0 atom stereocenters. The highest BCUT2D eigenvalue weighted by Crippen LogP contribution is 2.30. The molecule has 0 aliphatic heterocycles. The standard InChI is InChI=1S/C18H28BrNO/c1-5-15-10-17(19)9-8-16(15)12-20(11-14-6-7-14)13-21-18(2,3)4/h8-10,14H,5-7,11-13H2,1-4H3. The molecule has 0 heterocycles. The van der Waals surface area contributed by atoms with Crippen LogP contribution in [0.15, 0.2) is 22.7 Å². The van der Waals surface area contributed by atoms with Crippen molar-refractivity contribution in [2.24, 2.45) is 5.92 Å². The van der Waals surface area contributed by atoms with Gasteiger partial charge in [0.15, 0.2) is 0 Å². The first kappa shape index (κ1) is 17.0. The Morgan fingerprint density at radius 3 is 2.52 bits per heavy atom. The normalized spacial score (nSPS) is 15.7. The van der Waals surface area contributed by atoms with Crippen molar-refractivity contribution >= 4 is 15.9 Å². The van der Waals surface area contributed by atoms with Gasteiger partial charge in [-0.1, -0.05) is 28.9 Å². The van der Waals surface area contributed by atoms with E-state index < -0.39 is 0 Å². The van der Waals surface area contributed by atoms with Gasteiger partial charge in [0.1, 0.15) is 0 Å². The van der Waals surface area contributed by atoms with E-state index >= 15 is 0 Å². The van der Waals surface area contributed by atoms with Crippen molar-refractivity contribution in [2.45, 2.75) is 59.1 Å². The molecule has 1 saturated carbocycles. The Bertz CT molecular complexity index is 463. The van der Waals surface area contributed by atoms with Gasteiger partial charge in [-0.2, -0.15) is 0 Å². The monoisotopic (exact) mass is 353 g/mol. The minimum Gasteiger partial charge on any atom is -0.360 e. The van der Waals surface area contributed by atoms with E-state index in [0.717, 1.165) is 32.2 Å². The summed E-state index contributed by atoms with van der Waals surface area (Å²) in [5, 5.41) is 0. The minimum absolute atomic E-state index is 0.0743. The van der Waals surface area contributed by atoms with Gasteiger partial charge >= 0.3 is 0 Å². The molecule has 2 nitrogen and oxygen atoms in total. The van der Waals surface area contributed by atoms with Gasteiger partial charge < -0.3 is 4.74 Å². The summed E-state index contributed by atoms with van der Waals surface area (Å²) in [6.07, 6.45) is 3.84. The second-order valence-electron chi connectivity index (χ2n) is 7.11. The summed E-state index contributed by atoms with van der Waals surface area (Å²) in [6.45, 7) is 11.5. The second kappa shape index (κ2) is 7.26. The zero-order chi connectivity index (χ0) is 15.5. The molecule has 0 aromatic heterocycles. The van der Waals surface area contributed by atoms with Crippen molar-refractivity contribution in [3.05, 3.63) is 33.8 Å². The molecule has 118 valence electrons. The van der Waals surface area contributed by atoms with E-state index in [-0.39, 0.29) is 5.60 Å². The summed E-state index contributed by atoms with van der Waals surface area (Å²) < 4.78 is 7.18. The largest absolute Gasteiger partial charge is 0.360 e. The third-order valence-corrected chi connectivity index (χ3v) is 4.33. The number of hydrogen-bond donors (Lipinski definition) is 0. The van der Waals surface area contributed by atoms with Crippen molar-refractivity contribution in [3.63, 3.8) is 0 Å². The molecular formula is C18H28BrNO. The van der Waals surface area contributed by atoms with Gasteiger partial charge in [0, 0.05) is 17.6 Å². The first-order valence-electron chi connectivity index (χ1n) is 8.01. The van der Waals surface area contributed by atoms with E-state index in [1.807, 2.05) is 0 Å². The number of hydrogen-bond acceptors (Lipinski definition) is 2. The first-order valence-corrected chi connectivity index (χ1v) is 8.80. The number of nitrogens with zero attached hydrogens (tertiary/aromatic N) is 1. The minimum atomic E-state index is -0.0743. The van der Waals surface area contributed by atoms with Gasteiger partial charge in [0.05, 0.1) is 12.3 Å². The SMILES string of the molecule is CCc1cc(Br)ccc1CN(COC(C)(C)C)CC1CC1. The lowest BCUT2D eigenvalue weighted by atomic mass is 10.0. The van der Waals surface area contributed by atoms with Crippen LogP contribution in [0.25, 0.3) is 0 Å². The zero-order valence-corrected chi connectivity index (χ0v) is 15.4. The van der Waals surface area contributed by atoms with Crippen LogP contribution in [0.4, 0.5) is 0 Å². The van der Waals surface area contributed by atoms with Crippen LogP contribution in [0.5, 0.6) is 0 Å². The number of benzene rings is 1. The van der Waals surface area contributed by atoms with E-state index in [1.54, 1.807) is 0 Å². The fourth-order valence-electron chi connectivity index (χ4n) is 2.43. The first-order chi connectivity index (χ1) is 9.87. The van der Waals surface area contributed by atoms with Crippen molar-refractivity contribution in [1.29, 1.82) is 0 Å². The fourth-order valence-corrected chi connectivity index (χ4v) is 2.84. The molecule has 21 heavy (non-hydrogen) atoms. The lowest BCUT2D eigenvalue weighted by Crippen LogP contribution is -2.33. The molecule has 0 unspecified atom stereocenters. The topological polar surface area (TPSA) is 12.5 Å². The maximum atomic E-state index is 6.01. The summed E-state index contributed by atoms with van der Waals surface area (Å²) >= 11 is 3.57. The maximum absolute atomic E-state index is 6.01. The molecule has 0 amide bonds. The van der Waals surface area contributed by atoms with Crippen LogP contribution in [0.1, 0.15) is 51.7 Å². The molecule has 1 aliphatic rings. The quantitative estimate of drug-likeness (QED) is 0.639. The van der Waals surface area contributed by atoms with Gasteiger partial charge in [-0.25, -0.2) is 0 Å². The fraction of sp³-hybridized carbons (Fsp3) is 0.667.